The van der Waals surface area contributed by atoms with Gasteiger partial charge >= 0.3 is 0 Å². The van der Waals surface area contributed by atoms with E-state index in [9.17, 15) is 0 Å². The first-order chi connectivity index (χ1) is 7.79. The molecule has 2 rings (SSSR count). The minimum atomic E-state index is 0.143. The first-order valence-electron chi connectivity index (χ1n) is 4.88. The van der Waals surface area contributed by atoms with Crippen molar-refractivity contribution in [3.05, 3.63) is 24.3 Å². The van der Waals surface area contributed by atoms with Crippen LogP contribution in [0.25, 0.3) is 11.6 Å². The summed E-state index contributed by atoms with van der Waals surface area (Å²) in [4.78, 5) is 4.18. The monoisotopic (exact) mass is 240 g/mol. The summed E-state index contributed by atoms with van der Waals surface area (Å²) >= 11 is 1.56. The van der Waals surface area contributed by atoms with Crippen LogP contribution < -0.4 is 0 Å². The average molecular weight is 240 g/mol. The molecule has 0 amide bonds. The molecule has 6 heteroatoms. The molecule has 0 fully saturated rings. The van der Waals surface area contributed by atoms with Gasteiger partial charge in [0.25, 0.3) is 0 Å². The van der Waals surface area contributed by atoms with E-state index in [0.717, 1.165) is 0 Å². The Morgan fingerprint density at radius 1 is 1.56 bits per heavy atom. The molecule has 1 N–H and O–H groups in total. The number of thioether (sulfide) groups is 1. The van der Waals surface area contributed by atoms with E-state index >= 15 is 0 Å². The van der Waals surface area contributed by atoms with Gasteiger partial charge in [0.2, 0.25) is 11.7 Å². The Bertz CT molecular complexity index is 427. The smallest absolute Gasteiger partial charge is 0.238 e. The summed E-state index contributed by atoms with van der Waals surface area (Å²) in [6, 6.07) is 3.55. The van der Waals surface area contributed by atoms with Gasteiger partial charge in [0.15, 0.2) is 5.76 Å². The zero-order valence-corrected chi connectivity index (χ0v) is 9.61. The van der Waals surface area contributed by atoms with Crippen molar-refractivity contribution in [2.75, 3.05) is 6.61 Å². The van der Waals surface area contributed by atoms with E-state index in [1.165, 1.54) is 0 Å². The Morgan fingerprint density at radius 3 is 3.12 bits per heavy atom. The van der Waals surface area contributed by atoms with E-state index in [1.807, 2.05) is 6.92 Å². The zero-order valence-electron chi connectivity index (χ0n) is 8.79. The van der Waals surface area contributed by atoms with E-state index in [2.05, 4.69) is 10.1 Å². The summed E-state index contributed by atoms with van der Waals surface area (Å²) in [5.74, 6) is 2.18. The van der Waals surface area contributed by atoms with Crippen molar-refractivity contribution in [2.45, 2.75) is 17.9 Å². The lowest BCUT2D eigenvalue weighted by molar-refractivity contribution is 0.300. The van der Waals surface area contributed by atoms with E-state index in [4.69, 9.17) is 14.0 Å². The van der Waals surface area contributed by atoms with Gasteiger partial charge in [-0.3, -0.25) is 0 Å². The SMILES string of the molecule is C[C@@H](CO)SCc1nc(-c2ccco2)no1. The van der Waals surface area contributed by atoms with E-state index in [1.54, 1.807) is 30.2 Å². The van der Waals surface area contributed by atoms with Crippen LogP contribution in [0.4, 0.5) is 0 Å². The molecule has 1 atom stereocenters. The van der Waals surface area contributed by atoms with Crippen LogP contribution in [0.1, 0.15) is 12.8 Å². The van der Waals surface area contributed by atoms with E-state index < -0.39 is 0 Å². The van der Waals surface area contributed by atoms with Crippen molar-refractivity contribution in [2.24, 2.45) is 0 Å². The van der Waals surface area contributed by atoms with Crippen molar-refractivity contribution in [1.82, 2.24) is 10.1 Å². The molecule has 0 aliphatic heterocycles. The minimum absolute atomic E-state index is 0.143. The molecule has 0 unspecified atom stereocenters. The van der Waals surface area contributed by atoms with Gasteiger partial charge in [-0.25, -0.2) is 0 Å². The molecular weight excluding hydrogens is 228 g/mol. The lowest BCUT2D eigenvalue weighted by atomic mass is 10.4. The largest absolute Gasteiger partial charge is 0.461 e. The Hall–Kier alpha value is -1.27. The molecule has 0 spiro atoms. The van der Waals surface area contributed by atoms with Crippen LogP contribution >= 0.6 is 11.8 Å². The standard InChI is InChI=1S/C10H12N2O3S/c1-7(5-13)16-6-9-11-10(12-15-9)8-3-2-4-14-8/h2-4,7,13H,5-6H2,1H3/t7-/m0/s1. The summed E-state index contributed by atoms with van der Waals surface area (Å²) in [6.45, 7) is 2.08. The molecule has 0 aliphatic rings. The maximum Gasteiger partial charge on any atom is 0.238 e. The van der Waals surface area contributed by atoms with Gasteiger partial charge in [-0.15, -0.1) is 11.8 Å². The molecule has 86 valence electrons. The molecule has 0 bridgehead atoms. The van der Waals surface area contributed by atoms with Crippen LogP contribution in [-0.2, 0) is 5.75 Å². The normalized spacial score (nSPS) is 12.9. The van der Waals surface area contributed by atoms with Crippen molar-refractivity contribution in [3.63, 3.8) is 0 Å². The second-order valence-corrected chi connectivity index (χ2v) is 4.72. The summed E-state index contributed by atoms with van der Waals surface area (Å²) in [7, 11) is 0. The van der Waals surface area contributed by atoms with Crippen LogP contribution in [0.2, 0.25) is 0 Å². The predicted octanol–water partition coefficient (Wildman–Crippen LogP) is 1.94. The summed E-state index contributed by atoms with van der Waals surface area (Å²) in [5, 5.41) is 12.8. The number of aliphatic hydroxyl groups is 1. The van der Waals surface area contributed by atoms with Crippen molar-refractivity contribution in [3.8, 4) is 11.6 Å². The molecule has 2 heterocycles. The van der Waals surface area contributed by atoms with Gasteiger partial charge in [0.05, 0.1) is 18.6 Å². The topological polar surface area (TPSA) is 72.3 Å². The third kappa shape index (κ3) is 2.65. The van der Waals surface area contributed by atoms with E-state index in [0.29, 0.717) is 23.2 Å². The van der Waals surface area contributed by atoms with E-state index in [-0.39, 0.29) is 11.9 Å². The molecule has 2 aromatic heterocycles. The second kappa shape index (κ2) is 5.18. The Morgan fingerprint density at radius 2 is 2.44 bits per heavy atom. The zero-order chi connectivity index (χ0) is 11.4. The predicted molar refractivity (Wildman–Crippen MR) is 59.8 cm³/mol. The summed E-state index contributed by atoms with van der Waals surface area (Å²) in [5.41, 5.74) is 0. The number of aliphatic hydroxyl groups excluding tert-OH is 1. The Labute approximate surface area is 96.8 Å². The summed E-state index contributed by atoms with van der Waals surface area (Å²) < 4.78 is 10.2. The van der Waals surface area contributed by atoms with Crippen molar-refractivity contribution in [1.29, 1.82) is 0 Å². The number of furan rings is 1. The molecule has 0 saturated carbocycles. The fraction of sp³-hybridized carbons (Fsp3) is 0.400. The van der Waals surface area contributed by atoms with Gasteiger partial charge in [-0.1, -0.05) is 12.1 Å². The fourth-order valence-corrected chi connectivity index (χ4v) is 1.74. The highest BCUT2D eigenvalue weighted by Gasteiger charge is 2.11. The Kier molecular flexibility index (Phi) is 3.63. The van der Waals surface area contributed by atoms with Gasteiger partial charge in [0.1, 0.15) is 0 Å². The molecule has 16 heavy (non-hydrogen) atoms. The fourth-order valence-electron chi connectivity index (χ4n) is 1.09. The van der Waals surface area contributed by atoms with Crippen molar-refractivity contribution < 1.29 is 14.0 Å². The maximum absolute atomic E-state index is 8.87. The molecule has 2 aromatic rings. The van der Waals surface area contributed by atoms with Crippen LogP contribution in [0.5, 0.6) is 0 Å². The molecule has 0 aromatic carbocycles. The highest BCUT2D eigenvalue weighted by Crippen LogP contribution is 2.20. The van der Waals surface area contributed by atoms with Gasteiger partial charge < -0.3 is 14.0 Å². The van der Waals surface area contributed by atoms with Crippen LogP contribution in [0.3, 0.4) is 0 Å². The van der Waals surface area contributed by atoms with Crippen LogP contribution in [-0.4, -0.2) is 27.1 Å². The molecule has 0 radical (unpaired) electrons. The molecule has 5 nitrogen and oxygen atoms in total. The minimum Gasteiger partial charge on any atom is -0.461 e. The Balaban J connectivity index is 1.98. The quantitative estimate of drug-likeness (QED) is 0.861. The highest BCUT2D eigenvalue weighted by molar-refractivity contribution is 7.99. The number of hydrogen-bond acceptors (Lipinski definition) is 6. The first kappa shape index (κ1) is 11.2. The van der Waals surface area contributed by atoms with Gasteiger partial charge in [-0.2, -0.15) is 4.98 Å². The molecule has 0 aliphatic carbocycles. The lowest BCUT2D eigenvalue weighted by Gasteiger charge is -2.03. The van der Waals surface area contributed by atoms with Gasteiger partial charge in [0, 0.05) is 5.25 Å². The molecular formula is C10H12N2O3S. The third-order valence-corrected chi connectivity index (χ3v) is 3.09. The maximum atomic E-state index is 8.87. The number of nitrogens with zero attached hydrogens (tertiary/aromatic N) is 2. The number of rotatable bonds is 5. The average Bonchev–Trinajstić information content (AvgIpc) is 2.95. The van der Waals surface area contributed by atoms with Crippen LogP contribution in [0.15, 0.2) is 27.3 Å². The third-order valence-electron chi connectivity index (χ3n) is 1.96. The second-order valence-electron chi connectivity index (χ2n) is 3.29. The molecule has 0 saturated heterocycles. The van der Waals surface area contributed by atoms with Gasteiger partial charge in [-0.05, 0) is 12.1 Å². The first-order valence-corrected chi connectivity index (χ1v) is 5.93. The lowest BCUT2D eigenvalue weighted by Crippen LogP contribution is -2.02. The highest BCUT2D eigenvalue weighted by atomic mass is 32.2. The number of hydrogen-bond donors (Lipinski definition) is 1. The summed E-state index contributed by atoms with van der Waals surface area (Å²) in [6.07, 6.45) is 1.56. The number of aromatic nitrogens is 2. The van der Waals surface area contributed by atoms with Crippen LogP contribution in [0, 0.1) is 0 Å². The van der Waals surface area contributed by atoms with Crippen molar-refractivity contribution >= 4 is 11.8 Å².